The Morgan fingerprint density at radius 3 is 1.75 bits per heavy atom. The Labute approximate surface area is 119 Å². The summed E-state index contributed by atoms with van der Waals surface area (Å²) in [6.07, 6.45) is 1.64. The highest BCUT2D eigenvalue weighted by Crippen LogP contribution is 2.09. The molecule has 0 aliphatic heterocycles. The number of carboxylic acid groups (broad SMARTS) is 1. The number of rotatable bonds is 7. The summed E-state index contributed by atoms with van der Waals surface area (Å²) in [7, 11) is 0. The van der Waals surface area contributed by atoms with Crippen molar-refractivity contribution in [2.75, 3.05) is 6.54 Å². The molecule has 0 spiro atoms. The fourth-order valence-corrected chi connectivity index (χ4v) is 2.25. The Hall–Kier alpha value is -2.13. The minimum absolute atomic E-state index is 0.00959. The summed E-state index contributed by atoms with van der Waals surface area (Å²) in [5, 5.41) is 11.9. The topological polar surface area (TPSA) is 49.3 Å². The summed E-state index contributed by atoms with van der Waals surface area (Å²) in [5.41, 5.74) is 2.43. The van der Waals surface area contributed by atoms with Gasteiger partial charge in [0.15, 0.2) is 0 Å². The zero-order valence-electron chi connectivity index (χ0n) is 11.3. The third-order valence-electron chi connectivity index (χ3n) is 3.19. The largest absolute Gasteiger partial charge is 0.480 e. The molecular formula is C17H19NO2. The molecule has 0 saturated heterocycles. The highest BCUT2D eigenvalue weighted by Gasteiger charge is 2.11. The molecule has 2 aromatic rings. The van der Waals surface area contributed by atoms with E-state index in [0.29, 0.717) is 0 Å². The number of nitrogens with one attached hydrogen (secondary N) is 1. The average molecular weight is 269 g/mol. The number of hydrogen-bond donors (Lipinski definition) is 2. The van der Waals surface area contributed by atoms with Crippen molar-refractivity contribution in [2.24, 2.45) is 0 Å². The maximum absolute atomic E-state index is 10.7. The molecule has 0 aromatic heterocycles. The van der Waals surface area contributed by atoms with E-state index < -0.39 is 5.97 Å². The predicted molar refractivity (Wildman–Crippen MR) is 79.7 cm³/mol. The van der Waals surface area contributed by atoms with Gasteiger partial charge in [-0.25, -0.2) is 0 Å². The van der Waals surface area contributed by atoms with Crippen LogP contribution in [-0.2, 0) is 17.6 Å². The van der Waals surface area contributed by atoms with Crippen molar-refractivity contribution in [1.82, 2.24) is 5.32 Å². The van der Waals surface area contributed by atoms with E-state index in [1.54, 1.807) is 0 Å². The molecule has 0 aliphatic rings. The van der Waals surface area contributed by atoms with Crippen LogP contribution in [0.5, 0.6) is 0 Å². The molecule has 0 heterocycles. The second kappa shape index (κ2) is 7.46. The van der Waals surface area contributed by atoms with Gasteiger partial charge in [0, 0.05) is 6.04 Å². The molecule has 3 nitrogen and oxygen atoms in total. The van der Waals surface area contributed by atoms with Crippen LogP contribution in [0.4, 0.5) is 0 Å². The van der Waals surface area contributed by atoms with Crippen LogP contribution in [0, 0.1) is 0 Å². The predicted octanol–water partition coefficient (Wildman–Crippen LogP) is 2.51. The number of hydrogen-bond acceptors (Lipinski definition) is 2. The van der Waals surface area contributed by atoms with Crippen molar-refractivity contribution in [3.8, 4) is 0 Å². The van der Waals surface area contributed by atoms with Crippen molar-refractivity contribution >= 4 is 5.97 Å². The van der Waals surface area contributed by atoms with E-state index in [-0.39, 0.29) is 12.6 Å². The normalized spacial score (nSPS) is 10.7. The first kappa shape index (κ1) is 14.3. The van der Waals surface area contributed by atoms with Crippen molar-refractivity contribution in [3.63, 3.8) is 0 Å². The monoisotopic (exact) mass is 269 g/mol. The van der Waals surface area contributed by atoms with Gasteiger partial charge in [0.2, 0.25) is 0 Å². The molecule has 20 heavy (non-hydrogen) atoms. The second-order valence-electron chi connectivity index (χ2n) is 4.85. The third-order valence-corrected chi connectivity index (χ3v) is 3.19. The molecule has 2 rings (SSSR count). The molecule has 0 aliphatic carbocycles. The van der Waals surface area contributed by atoms with Crippen LogP contribution >= 0.6 is 0 Å². The molecule has 0 bridgehead atoms. The summed E-state index contributed by atoms with van der Waals surface area (Å²) in [6, 6.07) is 20.4. The SMILES string of the molecule is O=C(O)CNC(Cc1ccccc1)Cc1ccccc1. The number of aliphatic carboxylic acids is 1. The lowest BCUT2D eigenvalue weighted by molar-refractivity contribution is -0.136. The Morgan fingerprint density at radius 2 is 1.35 bits per heavy atom. The van der Waals surface area contributed by atoms with Gasteiger partial charge in [-0.1, -0.05) is 60.7 Å². The second-order valence-corrected chi connectivity index (χ2v) is 4.85. The van der Waals surface area contributed by atoms with E-state index in [4.69, 9.17) is 5.11 Å². The molecule has 0 radical (unpaired) electrons. The van der Waals surface area contributed by atoms with Gasteiger partial charge in [-0.05, 0) is 24.0 Å². The molecule has 2 N–H and O–H groups in total. The molecule has 0 unspecified atom stereocenters. The van der Waals surface area contributed by atoms with Gasteiger partial charge in [0.25, 0.3) is 0 Å². The molecule has 0 amide bonds. The van der Waals surface area contributed by atoms with E-state index >= 15 is 0 Å². The third kappa shape index (κ3) is 4.86. The minimum atomic E-state index is -0.823. The first-order valence-corrected chi connectivity index (χ1v) is 6.77. The van der Waals surface area contributed by atoms with Crippen molar-refractivity contribution in [2.45, 2.75) is 18.9 Å². The lowest BCUT2D eigenvalue weighted by Crippen LogP contribution is -2.36. The Morgan fingerprint density at radius 1 is 0.900 bits per heavy atom. The average Bonchev–Trinajstić information content (AvgIpc) is 2.47. The maximum Gasteiger partial charge on any atom is 0.317 e. The highest BCUT2D eigenvalue weighted by molar-refractivity contribution is 5.69. The summed E-state index contributed by atoms with van der Waals surface area (Å²) in [5.74, 6) is -0.823. The van der Waals surface area contributed by atoms with Crippen LogP contribution in [0.1, 0.15) is 11.1 Å². The maximum atomic E-state index is 10.7. The van der Waals surface area contributed by atoms with E-state index in [9.17, 15) is 4.79 Å². The number of carboxylic acids is 1. The van der Waals surface area contributed by atoms with E-state index in [1.807, 2.05) is 36.4 Å². The van der Waals surface area contributed by atoms with Gasteiger partial charge >= 0.3 is 5.97 Å². The van der Waals surface area contributed by atoms with Crippen LogP contribution in [-0.4, -0.2) is 23.7 Å². The summed E-state index contributed by atoms with van der Waals surface area (Å²) < 4.78 is 0. The highest BCUT2D eigenvalue weighted by atomic mass is 16.4. The van der Waals surface area contributed by atoms with E-state index in [2.05, 4.69) is 29.6 Å². The lowest BCUT2D eigenvalue weighted by Gasteiger charge is -2.18. The van der Waals surface area contributed by atoms with Gasteiger partial charge in [0.05, 0.1) is 6.54 Å². The van der Waals surface area contributed by atoms with Crippen molar-refractivity contribution < 1.29 is 9.90 Å². The van der Waals surface area contributed by atoms with Crippen LogP contribution in [0.2, 0.25) is 0 Å². The Bertz CT molecular complexity index is 484. The van der Waals surface area contributed by atoms with Gasteiger partial charge in [-0.15, -0.1) is 0 Å². The van der Waals surface area contributed by atoms with Crippen molar-refractivity contribution in [1.29, 1.82) is 0 Å². The quantitative estimate of drug-likeness (QED) is 0.812. The van der Waals surface area contributed by atoms with Crippen LogP contribution < -0.4 is 5.32 Å². The molecule has 0 atom stereocenters. The smallest absolute Gasteiger partial charge is 0.317 e. The summed E-state index contributed by atoms with van der Waals surface area (Å²) in [4.78, 5) is 10.7. The standard InChI is InChI=1S/C17H19NO2/c19-17(20)13-18-16(11-14-7-3-1-4-8-14)12-15-9-5-2-6-10-15/h1-10,16,18H,11-13H2,(H,19,20). The molecule has 2 aromatic carbocycles. The number of carbonyl (C=O) groups is 1. The lowest BCUT2D eigenvalue weighted by atomic mass is 9.99. The first-order valence-electron chi connectivity index (χ1n) is 6.77. The summed E-state index contributed by atoms with van der Waals surface area (Å²) >= 11 is 0. The zero-order valence-corrected chi connectivity index (χ0v) is 11.3. The number of benzene rings is 2. The Kier molecular flexibility index (Phi) is 5.33. The van der Waals surface area contributed by atoms with Gasteiger partial charge in [0.1, 0.15) is 0 Å². The molecule has 104 valence electrons. The molecule has 0 saturated carbocycles. The zero-order chi connectivity index (χ0) is 14.2. The molecule has 0 fully saturated rings. The van der Waals surface area contributed by atoms with E-state index in [1.165, 1.54) is 11.1 Å². The van der Waals surface area contributed by atoms with E-state index in [0.717, 1.165) is 12.8 Å². The van der Waals surface area contributed by atoms with Crippen LogP contribution in [0.25, 0.3) is 0 Å². The van der Waals surface area contributed by atoms with Gasteiger partial charge in [-0.2, -0.15) is 0 Å². The van der Waals surface area contributed by atoms with Crippen molar-refractivity contribution in [3.05, 3.63) is 71.8 Å². The molecule has 3 heteroatoms. The molecular weight excluding hydrogens is 250 g/mol. The summed E-state index contributed by atoms with van der Waals surface area (Å²) in [6.45, 7) is -0.00959. The van der Waals surface area contributed by atoms with Gasteiger partial charge < -0.3 is 10.4 Å². The first-order chi connectivity index (χ1) is 9.74. The van der Waals surface area contributed by atoms with Gasteiger partial charge in [-0.3, -0.25) is 4.79 Å². The minimum Gasteiger partial charge on any atom is -0.480 e. The Balaban J connectivity index is 2.02. The van der Waals surface area contributed by atoms with Crippen LogP contribution in [0.15, 0.2) is 60.7 Å². The fraction of sp³-hybridized carbons (Fsp3) is 0.235. The fourth-order valence-electron chi connectivity index (χ4n) is 2.25. The van der Waals surface area contributed by atoms with Crippen LogP contribution in [0.3, 0.4) is 0 Å².